The van der Waals surface area contributed by atoms with Crippen LogP contribution in [-0.4, -0.2) is 53.4 Å². The molecule has 1 N–H and O–H groups in total. The largest absolute Gasteiger partial charge is 0.361 e. The van der Waals surface area contributed by atoms with Crippen molar-refractivity contribution in [1.29, 1.82) is 0 Å². The molecule has 5 heteroatoms. The molecule has 0 bridgehead atoms. The van der Waals surface area contributed by atoms with Crippen molar-refractivity contribution in [2.75, 3.05) is 20.6 Å². The lowest BCUT2D eigenvalue weighted by atomic mass is 9.79. The quantitative estimate of drug-likeness (QED) is 0.897. The summed E-state index contributed by atoms with van der Waals surface area (Å²) in [5, 5.41) is 1.34. The van der Waals surface area contributed by atoms with Crippen LogP contribution in [-0.2, 0) is 11.2 Å². The number of hydrogen-bond acceptors (Lipinski definition) is 2. The van der Waals surface area contributed by atoms with Crippen LogP contribution in [0.4, 0.5) is 0 Å². The molecule has 2 atom stereocenters. The summed E-state index contributed by atoms with van der Waals surface area (Å²) in [6.07, 6.45) is 7.76. The average molecular weight is 358 g/mol. The first-order chi connectivity index (χ1) is 11.6. The van der Waals surface area contributed by atoms with Crippen LogP contribution in [0.1, 0.15) is 24.0 Å². The fourth-order valence-corrected chi connectivity index (χ4v) is 4.51. The van der Waals surface area contributed by atoms with Gasteiger partial charge in [-0.15, -0.1) is 12.4 Å². The normalized spacial score (nSPS) is 25.1. The van der Waals surface area contributed by atoms with E-state index in [0.717, 1.165) is 25.8 Å². The number of aromatic amines is 1. The zero-order valence-corrected chi connectivity index (χ0v) is 15.5. The molecule has 5 rings (SSSR count). The third-order valence-corrected chi connectivity index (χ3v) is 6.03. The molecule has 3 aliphatic rings. The maximum absolute atomic E-state index is 12.9. The topological polar surface area (TPSA) is 39.3 Å². The summed E-state index contributed by atoms with van der Waals surface area (Å²) in [6.45, 7) is 0.819. The Kier molecular flexibility index (Phi) is 3.93. The Morgan fingerprint density at radius 3 is 2.88 bits per heavy atom. The van der Waals surface area contributed by atoms with Gasteiger partial charge in [-0.05, 0) is 49.1 Å². The number of fused-ring (bicyclic) bond motifs is 2. The zero-order chi connectivity index (χ0) is 16.4. The van der Waals surface area contributed by atoms with Crippen LogP contribution in [0.3, 0.4) is 0 Å². The first-order valence-electron chi connectivity index (χ1n) is 8.91. The highest BCUT2D eigenvalue weighted by atomic mass is 35.5. The molecule has 0 unspecified atom stereocenters. The molecule has 1 aromatic carbocycles. The molecule has 0 spiro atoms. The van der Waals surface area contributed by atoms with Crippen molar-refractivity contribution < 1.29 is 4.79 Å². The van der Waals surface area contributed by atoms with E-state index in [4.69, 9.17) is 0 Å². The fraction of sp³-hybridized carbons (Fsp3) is 0.450. The molecule has 1 fully saturated rings. The van der Waals surface area contributed by atoms with E-state index in [0.29, 0.717) is 12.1 Å². The minimum absolute atomic E-state index is 0. The number of hydrogen-bond donors (Lipinski definition) is 1. The minimum Gasteiger partial charge on any atom is -0.361 e. The van der Waals surface area contributed by atoms with E-state index in [1.54, 1.807) is 0 Å². The molecule has 1 amide bonds. The van der Waals surface area contributed by atoms with E-state index in [1.807, 2.05) is 11.9 Å². The molecule has 1 saturated carbocycles. The second-order valence-corrected chi connectivity index (χ2v) is 7.61. The number of amides is 1. The molecule has 2 aliphatic carbocycles. The van der Waals surface area contributed by atoms with Crippen LogP contribution in [0.25, 0.3) is 16.5 Å². The van der Waals surface area contributed by atoms with Gasteiger partial charge in [-0.1, -0.05) is 18.2 Å². The highest BCUT2D eigenvalue weighted by Gasteiger charge is 2.38. The van der Waals surface area contributed by atoms with Crippen molar-refractivity contribution in [1.82, 2.24) is 14.8 Å². The van der Waals surface area contributed by atoms with Crippen molar-refractivity contribution in [3.8, 4) is 0 Å². The predicted octanol–water partition coefficient (Wildman–Crippen LogP) is 3.08. The van der Waals surface area contributed by atoms with Crippen LogP contribution in [0, 0.1) is 5.92 Å². The molecular formula is C20H24ClN3O. The Labute approximate surface area is 154 Å². The summed E-state index contributed by atoms with van der Waals surface area (Å²) in [5.74, 6) is 0.255. The molecule has 0 radical (unpaired) electrons. The summed E-state index contributed by atoms with van der Waals surface area (Å²) in [5.41, 5.74) is 5.24. The summed E-state index contributed by atoms with van der Waals surface area (Å²) in [4.78, 5) is 20.6. The van der Waals surface area contributed by atoms with Crippen LogP contribution in [0.2, 0.25) is 0 Å². The van der Waals surface area contributed by atoms with E-state index >= 15 is 0 Å². The molecule has 25 heavy (non-hydrogen) atoms. The van der Waals surface area contributed by atoms with E-state index in [9.17, 15) is 4.79 Å². The number of rotatable bonds is 2. The number of carbonyl (C=O) groups is 1. The third kappa shape index (κ3) is 2.51. The van der Waals surface area contributed by atoms with Gasteiger partial charge in [-0.25, -0.2) is 0 Å². The predicted molar refractivity (Wildman–Crippen MR) is 103 cm³/mol. The third-order valence-electron chi connectivity index (χ3n) is 6.03. The van der Waals surface area contributed by atoms with Crippen molar-refractivity contribution >= 4 is 34.8 Å². The molecule has 2 heterocycles. The van der Waals surface area contributed by atoms with Crippen molar-refractivity contribution in [2.45, 2.75) is 31.3 Å². The lowest BCUT2D eigenvalue weighted by Gasteiger charge is -2.40. The summed E-state index contributed by atoms with van der Waals surface area (Å²) < 4.78 is 0. The van der Waals surface area contributed by atoms with Crippen LogP contribution in [0.15, 0.2) is 30.5 Å². The monoisotopic (exact) mass is 357 g/mol. The molecule has 2 aromatic rings. The first-order valence-corrected chi connectivity index (χ1v) is 8.91. The minimum atomic E-state index is -0.0254. The van der Waals surface area contributed by atoms with Crippen molar-refractivity contribution in [3.05, 3.63) is 41.6 Å². The van der Waals surface area contributed by atoms with Crippen LogP contribution >= 0.6 is 12.4 Å². The molecule has 132 valence electrons. The zero-order valence-electron chi connectivity index (χ0n) is 14.7. The van der Waals surface area contributed by atoms with Gasteiger partial charge >= 0.3 is 0 Å². The van der Waals surface area contributed by atoms with Gasteiger partial charge in [0.05, 0.1) is 5.92 Å². The highest BCUT2D eigenvalue weighted by molar-refractivity contribution is 5.99. The number of halogens is 1. The van der Waals surface area contributed by atoms with Crippen molar-refractivity contribution in [3.63, 3.8) is 0 Å². The van der Waals surface area contributed by atoms with E-state index < -0.39 is 0 Å². The number of likely N-dealkylation sites (N-methyl/N-ethyl adjacent to an activating group) is 1. The standard InChI is InChI=1S/C20H23N3O.ClH/c1-22-11-13(20(24)23(2)14-6-7-14)8-16-15-4-3-5-17-19(15)12(10-21-17)9-18(16)22;/h3-5,8,10,13-14,18,21H,6-7,9,11H2,1-2H3;1H/t13-,18-;/m1./s1. The number of H-pyrrole nitrogens is 1. The summed E-state index contributed by atoms with van der Waals surface area (Å²) >= 11 is 0. The Morgan fingerprint density at radius 2 is 2.12 bits per heavy atom. The number of nitrogens with zero attached hydrogens (tertiary/aromatic N) is 2. The second kappa shape index (κ2) is 5.89. The van der Waals surface area contributed by atoms with Gasteiger partial charge in [0, 0.05) is 42.8 Å². The number of carbonyl (C=O) groups excluding carboxylic acids is 1. The average Bonchev–Trinajstić information content (AvgIpc) is 3.36. The Balaban J connectivity index is 0.00000157. The van der Waals surface area contributed by atoms with E-state index in [-0.39, 0.29) is 24.2 Å². The number of benzene rings is 1. The van der Waals surface area contributed by atoms with E-state index in [2.05, 4.69) is 47.4 Å². The number of aromatic nitrogens is 1. The van der Waals surface area contributed by atoms with Crippen LogP contribution < -0.4 is 0 Å². The highest BCUT2D eigenvalue weighted by Crippen LogP contribution is 2.41. The maximum atomic E-state index is 12.9. The van der Waals surface area contributed by atoms with Gasteiger partial charge in [0.25, 0.3) is 0 Å². The molecule has 0 saturated heterocycles. The van der Waals surface area contributed by atoms with Gasteiger partial charge in [0.2, 0.25) is 5.91 Å². The SMILES string of the molecule is CN(C(=O)[C@@H]1C=C2c3cccc4[nH]cc(c34)C[C@H]2N(C)C1)C1CC1.Cl. The Bertz CT molecular complexity index is 867. The summed E-state index contributed by atoms with van der Waals surface area (Å²) in [6, 6.07) is 7.32. The Hall–Kier alpha value is -1.78. The summed E-state index contributed by atoms with van der Waals surface area (Å²) in [7, 11) is 4.13. The molecule has 4 nitrogen and oxygen atoms in total. The lowest BCUT2D eigenvalue weighted by molar-refractivity contribution is -0.133. The van der Waals surface area contributed by atoms with E-state index in [1.165, 1.54) is 27.6 Å². The maximum Gasteiger partial charge on any atom is 0.230 e. The molecular weight excluding hydrogens is 334 g/mol. The van der Waals surface area contributed by atoms with Gasteiger partial charge < -0.3 is 9.88 Å². The van der Waals surface area contributed by atoms with Gasteiger partial charge in [0.1, 0.15) is 0 Å². The fourth-order valence-electron chi connectivity index (χ4n) is 4.51. The first kappa shape index (κ1) is 16.7. The smallest absolute Gasteiger partial charge is 0.230 e. The Morgan fingerprint density at radius 1 is 1.32 bits per heavy atom. The van der Waals surface area contributed by atoms with Gasteiger partial charge in [-0.3, -0.25) is 9.69 Å². The number of nitrogens with one attached hydrogen (secondary N) is 1. The molecule has 1 aliphatic heterocycles. The van der Waals surface area contributed by atoms with Crippen LogP contribution in [0.5, 0.6) is 0 Å². The van der Waals surface area contributed by atoms with Crippen molar-refractivity contribution in [2.24, 2.45) is 5.92 Å². The molecule has 1 aromatic heterocycles. The lowest BCUT2D eigenvalue weighted by Crippen LogP contribution is -2.47. The van der Waals surface area contributed by atoms with Gasteiger partial charge in [0.15, 0.2) is 0 Å². The van der Waals surface area contributed by atoms with Gasteiger partial charge in [-0.2, -0.15) is 0 Å². The second-order valence-electron chi connectivity index (χ2n) is 7.61.